The zero-order valence-corrected chi connectivity index (χ0v) is 7.29. The van der Waals surface area contributed by atoms with Crippen LogP contribution in [0.3, 0.4) is 0 Å². The zero-order valence-electron chi connectivity index (χ0n) is 7.29. The molecule has 3 rings (SSSR count). The Kier molecular flexibility index (Phi) is 2.51. The Morgan fingerprint density at radius 2 is 1.86 bits per heavy atom. The maximum absolute atomic E-state index is 4.08. The fourth-order valence-electron chi connectivity index (χ4n) is 1.02. The van der Waals surface area contributed by atoms with Gasteiger partial charge in [0.1, 0.15) is 0 Å². The summed E-state index contributed by atoms with van der Waals surface area (Å²) in [5, 5.41) is 6.47. The first kappa shape index (κ1) is 8.43. The maximum Gasteiger partial charge on any atom is 0.0931 e. The predicted octanol–water partition coefficient (Wildman–Crippen LogP) is 1.63. The molecule has 0 bridgehead atoms. The summed E-state index contributed by atoms with van der Waals surface area (Å²) in [5.41, 5.74) is 2.12. The van der Waals surface area contributed by atoms with Gasteiger partial charge in [-0.3, -0.25) is 0 Å². The third kappa shape index (κ3) is 1.95. The lowest BCUT2D eigenvalue weighted by Gasteiger charge is -1.81. The highest BCUT2D eigenvalue weighted by atomic mass is 16.6. The van der Waals surface area contributed by atoms with Crippen molar-refractivity contribution in [1.29, 1.82) is 0 Å². The van der Waals surface area contributed by atoms with E-state index in [1.165, 1.54) is 12.4 Å². The molecular weight excluding hydrogens is 180 g/mol. The van der Waals surface area contributed by atoms with Crippen LogP contribution in [-0.2, 0) is 0 Å². The fraction of sp³-hybridized carbons (Fsp3) is 0. The quantitative estimate of drug-likeness (QED) is 0.582. The van der Waals surface area contributed by atoms with Crippen molar-refractivity contribution < 1.29 is 4.63 Å². The van der Waals surface area contributed by atoms with Gasteiger partial charge < -0.3 is 4.98 Å². The molecule has 2 heterocycles. The van der Waals surface area contributed by atoms with Crippen LogP contribution in [0.15, 0.2) is 47.6 Å². The highest BCUT2D eigenvalue weighted by molar-refractivity contribution is 5.73. The molecule has 0 atom stereocenters. The summed E-state index contributed by atoms with van der Waals surface area (Å²) in [6.07, 6.45) is 4.64. The number of nitrogens with one attached hydrogen (secondary N) is 1. The Hall–Kier alpha value is -2.17. The fourth-order valence-corrected chi connectivity index (χ4v) is 1.02. The first-order valence-corrected chi connectivity index (χ1v) is 4.06. The number of aromatic nitrogens is 4. The smallest absolute Gasteiger partial charge is 0.0931 e. The molecule has 0 unspecified atom stereocenters. The second kappa shape index (κ2) is 4.18. The molecule has 0 saturated heterocycles. The average Bonchev–Trinajstić information content (AvgIpc) is 2.92. The number of fused-ring (bicyclic) bond motifs is 1. The number of para-hydroxylation sites is 2. The van der Waals surface area contributed by atoms with Crippen molar-refractivity contribution >= 4 is 11.0 Å². The molecule has 0 aliphatic rings. The lowest BCUT2D eigenvalue weighted by atomic mass is 10.3. The second-order valence-corrected chi connectivity index (χ2v) is 2.51. The van der Waals surface area contributed by atoms with Crippen molar-refractivity contribution in [2.45, 2.75) is 0 Å². The topological polar surface area (TPSA) is 67.6 Å². The first-order valence-electron chi connectivity index (χ1n) is 4.06. The van der Waals surface area contributed by atoms with E-state index >= 15 is 0 Å². The Balaban J connectivity index is 0.000000128. The number of benzene rings is 1. The number of nitrogens with zero attached hydrogens (tertiary/aromatic N) is 3. The van der Waals surface area contributed by atoms with Crippen LogP contribution >= 0.6 is 0 Å². The Labute approximate surface area is 79.7 Å². The average molecular weight is 188 g/mol. The van der Waals surface area contributed by atoms with E-state index in [1.807, 2.05) is 24.3 Å². The van der Waals surface area contributed by atoms with Crippen LogP contribution in [0, 0.1) is 0 Å². The van der Waals surface area contributed by atoms with Crippen molar-refractivity contribution in [2.75, 3.05) is 0 Å². The molecule has 0 amide bonds. The van der Waals surface area contributed by atoms with Crippen molar-refractivity contribution in [1.82, 2.24) is 20.3 Å². The molecule has 2 aromatic heterocycles. The monoisotopic (exact) mass is 188 g/mol. The molecule has 0 saturated carbocycles. The molecule has 0 fully saturated rings. The molecule has 0 radical (unpaired) electrons. The van der Waals surface area contributed by atoms with E-state index in [0.717, 1.165) is 11.0 Å². The lowest BCUT2D eigenvalue weighted by molar-refractivity contribution is 0.307. The summed E-state index contributed by atoms with van der Waals surface area (Å²) in [7, 11) is 0. The van der Waals surface area contributed by atoms with Gasteiger partial charge >= 0.3 is 0 Å². The van der Waals surface area contributed by atoms with Gasteiger partial charge in [-0.1, -0.05) is 22.4 Å². The molecule has 0 aliphatic carbocycles. The number of aromatic amines is 1. The third-order valence-electron chi connectivity index (χ3n) is 1.61. The minimum absolute atomic E-state index is 1.03. The molecule has 70 valence electrons. The van der Waals surface area contributed by atoms with Crippen LogP contribution in [0.5, 0.6) is 0 Å². The van der Waals surface area contributed by atoms with Crippen molar-refractivity contribution in [3.8, 4) is 0 Å². The normalized spacial score (nSPS) is 9.43. The third-order valence-corrected chi connectivity index (χ3v) is 1.61. The minimum Gasteiger partial charge on any atom is -0.345 e. The molecular formula is C9H8N4O. The van der Waals surface area contributed by atoms with Gasteiger partial charge in [0.05, 0.1) is 29.8 Å². The van der Waals surface area contributed by atoms with Crippen molar-refractivity contribution in [3.05, 3.63) is 43.0 Å². The van der Waals surface area contributed by atoms with E-state index in [2.05, 4.69) is 24.9 Å². The van der Waals surface area contributed by atoms with Crippen molar-refractivity contribution in [3.63, 3.8) is 0 Å². The largest absolute Gasteiger partial charge is 0.345 e. The summed E-state index contributed by atoms with van der Waals surface area (Å²) in [5.74, 6) is 0. The first-order chi connectivity index (χ1) is 6.97. The number of hydrogen-bond acceptors (Lipinski definition) is 4. The molecule has 0 spiro atoms. The lowest BCUT2D eigenvalue weighted by Crippen LogP contribution is -1.63. The van der Waals surface area contributed by atoms with Gasteiger partial charge in [-0.15, -0.1) is 0 Å². The number of H-pyrrole nitrogens is 1. The predicted molar refractivity (Wildman–Crippen MR) is 50.4 cm³/mol. The van der Waals surface area contributed by atoms with E-state index in [9.17, 15) is 0 Å². The molecule has 14 heavy (non-hydrogen) atoms. The Bertz CT molecular complexity index is 427. The van der Waals surface area contributed by atoms with Gasteiger partial charge in [-0.25, -0.2) is 9.61 Å². The highest BCUT2D eigenvalue weighted by Gasteiger charge is 1.88. The molecule has 5 nitrogen and oxygen atoms in total. The molecule has 1 aromatic carbocycles. The number of imidazole rings is 1. The van der Waals surface area contributed by atoms with Crippen LogP contribution < -0.4 is 0 Å². The van der Waals surface area contributed by atoms with Crippen molar-refractivity contribution in [2.24, 2.45) is 0 Å². The molecule has 3 aromatic rings. The summed E-state index contributed by atoms with van der Waals surface area (Å²) in [6.45, 7) is 0. The Morgan fingerprint density at radius 1 is 1.07 bits per heavy atom. The summed E-state index contributed by atoms with van der Waals surface area (Å²) >= 11 is 0. The van der Waals surface area contributed by atoms with Gasteiger partial charge in [0.2, 0.25) is 0 Å². The standard InChI is InChI=1S/C7H6N2.C2H2N2O/c1-2-4-7-6(3-1)8-5-9-7;1-2-4-5-3-1/h1-5H,(H,8,9);1-2H. The SMILES string of the molecule is c1ccc2[nH]cnc2c1.c1cnon1. The zero-order chi connectivity index (χ0) is 9.64. The van der Waals surface area contributed by atoms with Crippen LogP contribution in [0.25, 0.3) is 11.0 Å². The summed E-state index contributed by atoms with van der Waals surface area (Å²) < 4.78 is 4.08. The van der Waals surface area contributed by atoms with Gasteiger partial charge in [-0.2, -0.15) is 0 Å². The van der Waals surface area contributed by atoms with E-state index in [1.54, 1.807) is 6.33 Å². The second-order valence-electron chi connectivity index (χ2n) is 2.51. The van der Waals surface area contributed by atoms with Gasteiger partial charge in [0.15, 0.2) is 0 Å². The van der Waals surface area contributed by atoms with Crippen LogP contribution in [-0.4, -0.2) is 20.3 Å². The minimum atomic E-state index is 1.03. The van der Waals surface area contributed by atoms with Crippen LogP contribution in [0.4, 0.5) is 0 Å². The van der Waals surface area contributed by atoms with Gasteiger partial charge in [0, 0.05) is 0 Å². The van der Waals surface area contributed by atoms with E-state index < -0.39 is 0 Å². The maximum atomic E-state index is 4.08. The van der Waals surface area contributed by atoms with E-state index in [4.69, 9.17) is 0 Å². The summed E-state index contributed by atoms with van der Waals surface area (Å²) in [4.78, 5) is 7.07. The Morgan fingerprint density at radius 3 is 2.50 bits per heavy atom. The van der Waals surface area contributed by atoms with E-state index in [0.29, 0.717) is 0 Å². The number of hydrogen-bond donors (Lipinski definition) is 1. The molecule has 0 aliphatic heterocycles. The van der Waals surface area contributed by atoms with Crippen LogP contribution in [0.1, 0.15) is 0 Å². The molecule has 1 N–H and O–H groups in total. The van der Waals surface area contributed by atoms with Gasteiger partial charge in [0.25, 0.3) is 0 Å². The van der Waals surface area contributed by atoms with Crippen LogP contribution in [0.2, 0.25) is 0 Å². The highest BCUT2D eigenvalue weighted by Crippen LogP contribution is 2.05. The van der Waals surface area contributed by atoms with E-state index in [-0.39, 0.29) is 0 Å². The molecule has 5 heteroatoms. The summed E-state index contributed by atoms with van der Waals surface area (Å²) in [6, 6.07) is 7.94. The van der Waals surface area contributed by atoms with Gasteiger partial charge in [-0.05, 0) is 12.1 Å². The number of rotatable bonds is 0.